The summed E-state index contributed by atoms with van der Waals surface area (Å²) in [6, 6.07) is 0. The topological polar surface area (TPSA) is 16.2 Å². The number of halogens is 2. The van der Waals surface area contributed by atoms with Crippen LogP contribution in [0, 0.1) is 54.7 Å². The standard InChI is InChI=1S/2C12H23N.C12H20.C12H22.C11H21N.C11H23N.C10H16F2.C10H21N/c1-11(2,3)13-9-7-12(8-10-13)5-4-6-12;1-11(2,3)13-9-8-12(10-13)6-4-5-7-12;1-11(2,3)10-4-6-12(7-5-10)8-9-12;1-11(2,3)10-6-8-12(4,5)9-7-10;1-10(2,3)12-8-7-11(9-12)5-4-6-11;1-10(2,3)12-8-6-11(4,5)7-9-12;1-9(2,3)8-4-6-10(11,12)7-5-8;1-9-5-7-11(8-6-9)10(2,3)4/h2*4-10H2,1-3H3;4H,5-9H2,1-3H3;6H,7-9H2,1-5H3;4-9H2,1-3H3;6-9H2,1-5H3;4H,5-7H2,1-3H3;9H,5-8H2,1-4H3. The van der Waals surface area contributed by atoms with Gasteiger partial charge < -0.3 is 0 Å². The number of alkyl halides is 2. The number of nitrogens with zero attached hydrogens (tertiary/aromatic N) is 5. The van der Waals surface area contributed by atoms with Gasteiger partial charge in [-0.05, 0) is 359 Å². The monoisotopic (exact) mass is 1360 g/mol. The summed E-state index contributed by atoms with van der Waals surface area (Å²) in [5.74, 6) is -1.50. The number of likely N-dealkylation sites (tertiary alicyclic amines) is 5. The zero-order chi connectivity index (χ0) is 73.4. The van der Waals surface area contributed by atoms with Crippen LogP contribution in [-0.4, -0.2) is 124 Å². The Balaban J connectivity index is 0.000000200. The van der Waals surface area contributed by atoms with Crippen molar-refractivity contribution < 1.29 is 8.78 Å². The van der Waals surface area contributed by atoms with Crippen LogP contribution >= 0.6 is 0 Å². The molecule has 5 nitrogen and oxygen atoms in total. The van der Waals surface area contributed by atoms with Gasteiger partial charge in [-0.15, -0.1) is 0 Å². The number of piperidine rings is 3. The van der Waals surface area contributed by atoms with Gasteiger partial charge in [0.05, 0.1) is 0 Å². The van der Waals surface area contributed by atoms with E-state index in [0.717, 1.165) is 27.6 Å². The lowest BCUT2D eigenvalue weighted by Crippen LogP contribution is -2.50. The molecule has 0 unspecified atom stereocenters. The molecule has 5 heterocycles. The van der Waals surface area contributed by atoms with E-state index in [0.29, 0.717) is 55.8 Å². The lowest BCUT2D eigenvalue weighted by Gasteiger charge is -2.51. The van der Waals surface area contributed by atoms with Crippen LogP contribution in [0.1, 0.15) is 387 Å². The molecule has 4 saturated carbocycles. The maximum absolute atomic E-state index is 12.7. The zero-order valence-corrected chi connectivity index (χ0v) is 70.9. The summed E-state index contributed by atoms with van der Waals surface area (Å²) >= 11 is 0. The van der Waals surface area contributed by atoms with Gasteiger partial charge >= 0.3 is 0 Å². The molecule has 0 aromatic carbocycles. The number of allylic oxidation sites excluding steroid dienone is 6. The van der Waals surface area contributed by atoms with E-state index < -0.39 is 5.92 Å². The average Bonchev–Trinajstić information content (AvgIpc) is 1.77. The fourth-order valence-electron chi connectivity index (χ4n) is 17.4. The minimum Gasteiger partial charge on any atom is -0.298 e. The molecule has 568 valence electrons. The molecule has 9 fully saturated rings. The van der Waals surface area contributed by atoms with Crippen LogP contribution in [0.25, 0.3) is 0 Å². The van der Waals surface area contributed by atoms with Crippen LogP contribution in [0.15, 0.2) is 34.9 Å². The van der Waals surface area contributed by atoms with E-state index in [1.165, 1.54) is 238 Å². The molecule has 97 heavy (non-hydrogen) atoms. The van der Waals surface area contributed by atoms with Crippen LogP contribution in [0.5, 0.6) is 0 Å². The van der Waals surface area contributed by atoms with Crippen molar-refractivity contribution >= 4 is 0 Å². The Bertz CT molecular complexity index is 2320. The zero-order valence-electron chi connectivity index (χ0n) is 70.9. The predicted molar refractivity (Wildman–Crippen MR) is 425 cm³/mol. The summed E-state index contributed by atoms with van der Waals surface area (Å²) in [5.41, 5.74) is 11.6. The fraction of sp³-hybridized carbons (Fsp3) is 0.933. The molecule has 0 radical (unpaired) electrons. The van der Waals surface area contributed by atoms with Crippen molar-refractivity contribution in [2.45, 2.75) is 421 Å². The Hall–Kier alpha value is -1.12. The van der Waals surface area contributed by atoms with Gasteiger partial charge in [0, 0.05) is 53.6 Å². The first-order valence-corrected chi connectivity index (χ1v) is 41.2. The molecule has 0 aromatic rings. The predicted octanol–water partition coefficient (Wildman–Crippen LogP) is 26.1. The minimum absolute atomic E-state index is 0.0239. The highest BCUT2D eigenvalue weighted by atomic mass is 19.3. The van der Waals surface area contributed by atoms with Crippen molar-refractivity contribution in [2.75, 3.05) is 65.4 Å². The molecule has 0 N–H and O–H groups in total. The molecule has 7 aliphatic carbocycles. The van der Waals surface area contributed by atoms with Crippen LogP contribution in [0.4, 0.5) is 8.78 Å². The summed E-state index contributed by atoms with van der Waals surface area (Å²) in [6.45, 7) is 80.2. The van der Waals surface area contributed by atoms with E-state index in [1.807, 2.05) is 0 Å². The molecular weight excluding hydrogens is 1190 g/mol. The highest BCUT2D eigenvalue weighted by Crippen LogP contribution is 2.57. The molecule has 5 saturated heterocycles. The molecule has 0 atom stereocenters. The highest BCUT2D eigenvalue weighted by molar-refractivity contribution is 5.19. The van der Waals surface area contributed by atoms with Crippen molar-refractivity contribution in [2.24, 2.45) is 54.7 Å². The second-order valence-electron chi connectivity index (χ2n) is 44.5. The number of hydrogen-bond acceptors (Lipinski definition) is 5. The third-order valence-corrected chi connectivity index (χ3v) is 26.8. The third kappa shape index (κ3) is 28.7. The smallest absolute Gasteiger partial charge is 0.251 e. The van der Waals surface area contributed by atoms with Gasteiger partial charge in [0.2, 0.25) is 0 Å². The summed E-state index contributed by atoms with van der Waals surface area (Å²) in [7, 11) is 0. The maximum atomic E-state index is 12.7. The molecule has 12 aliphatic rings. The summed E-state index contributed by atoms with van der Waals surface area (Å²) in [5, 5.41) is 0. The van der Waals surface area contributed by atoms with Crippen LogP contribution in [0.2, 0.25) is 0 Å². The van der Waals surface area contributed by atoms with E-state index in [4.69, 9.17) is 0 Å². The van der Waals surface area contributed by atoms with Gasteiger partial charge in [0.25, 0.3) is 5.92 Å². The Morgan fingerprint density at radius 3 is 0.887 bits per heavy atom. The van der Waals surface area contributed by atoms with Crippen molar-refractivity contribution in [3.63, 3.8) is 0 Å². The van der Waals surface area contributed by atoms with Gasteiger partial charge in [-0.25, -0.2) is 8.78 Å². The lowest BCUT2D eigenvalue weighted by molar-refractivity contribution is -0.0104. The molecule has 0 bridgehead atoms. The Morgan fingerprint density at radius 2 is 0.608 bits per heavy atom. The second-order valence-corrected chi connectivity index (χ2v) is 44.5. The van der Waals surface area contributed by atoms with E-state index in [-0.39, 0.29) is 18.3 Å². The van der Waals surface area contributed by atoms with Crippen molar-refractivity contribution in [3.8, 4) is 0 Å². The summed E-state index contributed by atoms with van der Waals surface area (Å²) < 4.78 is 25.4. The Labute approximate surface area is 605 Å². The van der Waals surface area contributed by atoms with Gasteiger partial charge in [-0.1, -0.05) is 158 Å². The van der Waals surface area contributed by atoms with Crippen molar-refractivity contribution in [1.29, 1.82) is 0 Å². The average molecular weight is 1360 g/mol. The Kier molecular flexibility index (Phi) is 29.9. The highest BCUT2D eigenvalue weighted by Gasteiger charge is 2.47. The third-order valence-electron chi connectivity index (χ3n) is 26.8. The number of hydrogen-bond donors (Lipinski definition) is 0. The van der Waals surface area contributed by atoms with Crippen LogP contribution in [-0.2, 0) is 0 Å². The first-order chi connectivity index (χ1) is 44.0. The quantitative estimate of drug-likeness (QED) is 0.224. The molecule has 4 spiro atoms. The second kappa shape index (κ2) is 33.5. The molecular formula is C90H169F2N5. The normalized spacial score (nSPS) is 26.4. The van der Waals surface area contributed by atoms with Crippen LogP contribution in [0.3, 0.4) is 0 Å². The van der Waals surface area contributed by atoms with Crippen molar-refractivity contribution in [3.05, 3.63) is 34.9 Å². The minimum atomic E-state index is -2.45. The van der Waals surface area contributed by atoms with Crippen LogP contribution < -0.4 is 0 Å². The van der Waals surface area contributed by atoms with E-state index in [1.54, 1.807) is 17.2 Å². The van der Waals surface area contributed by atoms with E-state index >= 15 is 0 Å². The van der Waals surface area contributed by atoms with Gasteiger partial charge in [0.15, 0.2) is 0 Å². The lowest BCUT2D eigenvalue weighted by atomic mass is 9.63. The van der Waals surface area contributed by atoms with Gasteiger partial charge in [0.1, 0.15) is 0 Å². The van der Waals surface area contributed by atoms with E-state index in [9.17, 15) is 8.78 Å². The molecule has 12 rings (SSSR count). The molecule has 5 aliphatic heterocycles. The maximum Gasteiger partial charge on any atom is 0.251 e. The SMILES string of the molecule is CC(C)(C)C1=CCC(F)(F)CC1.CC(C)(C)C1=CCC2(CC1)CC2.CC(C)(C)N1CCC2(CCC2)C1.CC(C)(C)N1CCC2(CCC2)CC1.CC(C)(C)N1CCC2(CCCC2)C1.CC1(C)CC=C(C(C)(C)C)CC1.CC1(C)CCN(C(C)(C)C)CC1.CC1CCN(C(C)(C)C)CC1. The summed E-state index contributed by atoms with van der Waals surface area (Å²) in [6.07, 6.45) is 44.6. The van der Waals surface area contributed by atoms with Gasteiger partial charge in [-0.3, -0.25) is 24.5 Å². The first-order valence-electron chi connectivity index (χ1n) is 41.2. The first kappa shape index (κ1) is 86.5. The fourth-order valence-corrected chi connectivity index (χ4v) is 17.4. The Morgan fingerprint density at radius 1 is 0.299 bits per heavy atom. The molecule has 0 amide bonds. The van der Waals surface area contributed by atoms with E-state index in [2.05, 4.69) is 237 Å². The number of rotatable bonds is 0. The van der Waals surface area contributed by atoms with Crippen molar-refractivity contribution in [1.82, 2.24) is 24.5 Å². The molecule has 7 heteroatoms. The molecule has 0 aromatic heterocycles. The van der Waals surface area contributed by atoms with Gasteiger partial charge in [-0.2, -0.15) is 0 Å². The largest absolute Gasteiger partial charge is 0.298 e. The summed E-state index contributed by atoms with van der Waals surface area (Å²) in [4.78, 5) is 13.2.